The van der Waals surface area contributed by atoms with Crippen LogP contribution < -0.4 is 14.8 Å². The molecule has 0 radical (unpaired) electrons. The highest BCUT2D eigenvalue weighted by Crippen LogP contribution is 2.32. The minimum atomic E-state index is -0.120. The Morgan fingerprint density at radius 1 is 1.14 bits per heavy atom. The fourth-order valence-electron chi connectivity index (χ4n) is 2.86. The van der Waals surface area contributed by atoms with E-state index in [0.717, 1.165) is 23.2 Å². The molecular formula is C21H23N3O4S. The fourth-order valence-corrected chi connectivity index (χ4v) is 3.42. The van der Waals surface area contributed by atoms with Crippen molar-refractivity contribution in [1.29, 1.82) is 0 Å². The molecule has 0 atom stereocenters. The number of ether oxygens (including phenoxy) is 2. The molecule has 1 heterocycles. The van der Waals surface area contributed by atoms with Crippen LogP contribution >= 0.6 is 11.8 Å². The maximum absolute atomic E-state index is 12.4. The summed E-state index contributed by atoms with van der Waals surface area (Å²) in [5.74, 6) is 1.59. The van der Waals surface area contributed by atoms with Crippen molar-refractivity contribution in [2.75, 3.05) is 25.3 Å². The van der Waals surface area contributed by atoms with Crippen LogP contribution in [0.25, 0.3) is 11.5 Å². The van der Waals surface area contributed by atoms with Crippen LogP contribution in [0.1, 0.15) is 18.1 Å². The Bertz CT molecular complexity index is 1000. The van der Waals surface area contributed by atoms with Crippen molar-refractivity contribution in [1.82, 2.24) is 10.2 Å². The molecule has 3 rings (SSSR count). The molecule has 0 fully saturated rings. The van der Waals surface area contributed by atoms with Crippen molar-refractivity contribution >= 4 is 23.4 Å². The van der Waals surface area contributed by atoms with Crippen LogP contribution in [0.2, 0.25) is 0 Å². The van der Waals surface area contributed by atoms with Gasteiger partial charge in [0.1, 0.15) is 0 Å². The van der Waals surface area contributed by atoms with E-state index in [0.29, 0.717) is 28.2 Å². The highest BCUT2D eigenvalue weighted by atomic mass is 32.2. The molecule has 0 aliphatic heterocycles. The second kappa shape index (κ2) is 9.47. The summed E-state index contributed by atoms with van der Waals surface area (Å²) in [5.41, 5.74) is 3.73. The number of hydrogen-bond acceptors (Lipinski definition) is 7. The number of rotatable bonds is 8. The molecule has 0 unspecified atom stereocenters. The minimum Gasteiger partial charge on any atom is -0.493 e. The second-order valence-electron chi connectivity index (χ2n) is 6.24. The number of anilines is 1. The Hall–Kier alpha value is -3.00. The highest BCUT2D eigenvalue weighted by molar-refractivity contribution is 7.99. The third kappa shape index (κ3) is 4.89. The largest absolute Gasteiger partial charge is 0.493 e. The first kappa shape index (κ1) is 20.7. The zero-order chi connectivity index (χ0) is 20.8. The molecule has 0 aliphatic rings. The number of aryl methyl sites for hydroxylation is 2. The van der Waals surface area contributed by atoms with Gasteiger partial charge in [-0.1, -0.05) is 36.9 Å². The standard InChI is InChI=1S/C21H23N3O4S/c1-5-14-8-6-7-13(2)19(14)22-18(25)12-29-21-24-23-20(28-21)15-9-10-16(26-3)17(11-15)27-4/h6-11H,5,12H2,1-4H3,(H,22,25). The van der Waals surface area contributed by atoms with Crippen LogP contribution in [0.15, 0.2) is 46.0 Å². The Balaban J connectivity index is 1.65. The number of carbonyl (C=O) groups is 1. The summed E-state index contributed by atoms with van der Waals surface area (Å²) < 4.78 is 16.2. The van der Waals surface area contributed by atoms with Gasteiger partial charge in [0.05, 0.1) is 20.0 Å². The molecule has 2 aromatic carbocycles. The zero-order valence-corrected chi connectivity index (χ0v) is 17.6. The summed E-state index contributed by atoms with van der Waals surface area (Å²) in [6.45, 7) is 4.04. The number of para-hydroxylation sites is 1. The summed E-state index contributed by atoms with van der Waals surface area (Å²) in [7, 11) is 3.14. The summed E-state index contributed by atoms with van der Waals surface area (Å²) in [5, 5.41) is 11.4. The molecule has 3 aromatic rings. The third-order valence-corrected chi connectivity index (χ3v) is 5.19. The van der Waals surface area contributed by atoms with Crippen molar-refractivity contribution in [2.24, 2.45) is 0 Å². The molecule has 8 heteroatoms. The molecule has 0 saturated heterocycles. The van der Waals surface area contributed by atoms with E-state index >= 15 is 0 Å². The lowest BCUT2D eigenvalue weighted by molar-refractivity contribution is -0.113. The van der Waals surface area contributed by atoms with Crippen LogP contribution in [-0.4, -0.2) is 36.1 Å². The Labute approximate surface area is 173 Å². The molecule has 7 nitrogen and oxygen atoms in total. The Morgan fingerprint density at radius 3 is 2.66 bits per heavy atom. The predicted octanol–water partition coefficient (Wildman–Crippen LogP) is 4.36. The first-order valence-electron chi connectivity index (χ1n) is 9.12. The summed E-state index contributed by atoms with van der Waals surface area (Å²) in [4.78, 5) is 12.4. The van der Waals surface area contributed by atoms with Gasteiger partial charge in [0.2, 0.25) is 11.8 Å². The predicted molar refractivity (Wildman–Crippen MR) is 113 cm³/mol. The van der Waals surface area contributed by atoms with Gasteiger partial charge in [-0.25, -0.2) is 0 Å². The van der Waals surface area contributed by atoms with Gasteiger partial charge in [-0.3, -0.25) is 4.79 Å². The summed E-state index contributed by atoms with van der Waals surface area (Å²) >= 11 is 1.19. The van der Waals surface area contributed by atoms with Crippen LogP contribution in [0, 0.1) is 6.92 Å². The lowest BCUT2D eigenvalue weighted by Crippen LogP contribution is -2.16. The number of amides is 1. The number of aromatic nitrogens is 2. The van der Waals surface area contributed by atoms with Crippen LogP contribution in [0.5, 0.6) is 11.5 Å². The van der Waals surface area contributed by atoms with Crippen molar-refractivity contribution in [3.05, 3.63) is 47.5 Å². The number of nitrogens with one attached hydrogen (secondary N) is 1. The zero-order valence-electron chi connectivity index (χ0n) is 16.8. The van der Waals surface area contributed by atoms with Crippen molar-refractivity contribution < 1.29 is 18.7 Å². The number of thioether (sulfide) groups is 1. The van der Waals surface area contributed by atoms with Crippen LogP contribution in [-0.2, 0) is 11.2 Å². The topological polar surface area (TPSA) is 86.5 Å². The molecule has 152 valence electrons. The van der Waals surface area contributed by atoms with Gasteiger partial charge in [-0.05, 0) is 42.7 Å². The van der Waals surface area contributed by atoms with Gasteiger partial charge in [0, 0.05) is 11.3 Å². The minimum absolute atomic E-state index is 0.120. The van der Waals surface area contributed by atoms with Gasteiger partial charge < -0.3 is 19.2 Å². The molecule has 0 aliphatic carbocycles. The molecule has 0 bridgehead atoms. The number of carbonyl (C=O) groups excluding carboxylic acids is 1. The molecule has 29 heavy (non-hydrogen) atoms. The lowest BCUT2D eigenvalue weighted by Gasteiger charge is -2.12. The quantitative estimate of drug-likeness (QED) is 0.549. The number of benzene rings is 2. The van der Waals surface area contributed by atoms with Gasteiger partial charge in [-0.15, -0.1) is 10.2 Å². The smallest absolute Gasteiger partial charge is 0.277 e. The van der Waals surface area contributed by atoms with Crippen molar-refractivity contribution in [3.63, 3.8) is 0 Å². The maximum Gasteiger partial charge on any atom is 0.277 e. The average molecular weight is 413 g/mol. The number of methoxy groups -OCH3 is 2. The number of nitrogens with zero attached hydrogens (tertiary/aromatic N) is 2. The summed E-state index contributed by atoms with van der Waals surface area (Å²) in [6, 6.07) is 11.3. The van der Waals surface area contributed by atoms with Gasteiger partial charge in [0.15, 0.2) is 11.5 Å². The highest BCUT2D eigenvalue weighted by Gasteiger charge is 2.15. The van der Waals surface area contributed by atoms with Crippen molar-refractivity contribution in [3.8, 4) is 23.0 Å². The van der Waals surface area contributed by atoms with Gasteiger partial charge in [-0.2, -0.15) is 0 Å². The van der Waals surface area contributed by atoms with E-state index in [-0.39, 0.29) is 11.7 Å². The van der Waals surface area contributed by atoms with E-state index < -0.39 is 0 Å². The summed E-state index contributed by atoms with van der Waals surface area (Å²) in [6.07, 6.45) is 0.850. The van der Waals surface area contributed by atoms with E-state index in [1.165, 1.54) is 11.8 Å². The van der Waals surface area contributed by atoms with Crippen LogP contribution in [0.3, 0.4) is 0 Å². The molecule has 1 amide bonds. The van der Waals surface area contributed by atoms with E-state index in [1.807, 2.05) is 25.1 Å². The van der Waals surface area contributed by atoms with E-state index in [9.17, 15) is 4.79 Å². The lowest BCUT2D eigenvalue weighted by atomic mass is 10.1. The SMILES string of the molecule is CCc1cccc(C)c1NC(=O)CSc1nnc(-c2ccc(OC)c(OC)c2)o1. The fraction of sp³-hybridized carbons (Fsp3) is 0.286. The second-order valence-corrected chi connectivity index (χ2v) is 7.17. The number of hydrogen-bond donors (Lipinski definition) is 1. The molecule has 0 saturated carbocycles. The normalized spacial score (nSPS) is 10.6. The third-order valence-electron chi connectivity index (χ3n) is 4.37. The molecule has 1 N–H and O–H groups in total. The maximum atomic E-state index is 12.4. The average Bonchev–Trinajstić information content (AvgIpc) is 3.22. The first-order valence-corrected chi connectivity index (χ1v) is 10.1. The molecule has 1 aromatic heterocycles. The van der Waals surface area contributed by atoms with Crippen LogP contribution in [0.4, 0.5) is 5.69 Å². The first-order chi connectivity index (χ1) is 14.0. The monoisotopic (exact) mass is 413 g/mol. The van der Waals surface area contributed by atoms with Gasteiger partial charge >= 0.3 is 0 Å². The van der Waals surface area contributed by atoms with Crippen molar-refractivity contribution in [2.45, 2.75) is 25.5 Å². The van der Waals surface area contributed by atoms with E-state index in [4.69, 9.17) is 13.9 Å². The van der Waals surface area contributed by atoms with E-state index in [1.54, 1.807) is 32.4 Å². The van der Waals surface area contributed by atoms with Gasteiger partial charge in [0.25, 0.3) is 5.22 Å². The Kier molecular flexibility index (Phi) is 6.77. The molecule has 0 spiro atoms. The van der Waals surface area contributed by atoms with E-state index in [2.05, 4.69) is 22.4 Å². The molecular weight excluding hydrogens is 390 g/mol. The Morgan fingerprint density at radius 2 is 1.93 bits per heavy atom.